The summed E-state index contributed by atoms with van der Waals surface area (Å²) in [6.07, 6.45) is 0. The van der Waals surface area contributed by atoms with Crippen molar-refractivity contribution in [2.45, 2.75) is 26.8 Å². The molecule has 1 N–H and O–H groups in total. The number of thiophene rings is 1. The first-order valence-corrected chi connectivity index (χ1v) is 6.38. The molecule has 0 saturated carbocycles. The summed E-state index contributed by atoms with van der Waals surface area (Å²) in [5.74, 6) is -1.53. The van der Waals surface area contributed by atoms with E-state index >= 15 is 0 Å². The number of hydrogen-bond donors (Lipinski definition) is 1. The van der Waals surface area contributed by atoms with Crippen LogP contribution in [-0.4, -0.2) is 34.5 Å². The van der Waals surface area contributed by atoms with Gasteiger partial charge in [-0.15, -0.1) is 11.3 Å². The van der Waals surface area contributed by atoms with Crippen LogP contribution in [0, 0.1) is 5.92 Å². The maximum Gasteiger partial charge on any atom is 0.308 e. The van der Waals surface area contributed by atoms with Crippen molar-refractivity contribution in [3.05, 3.63) is 22.4 Å². The van der Waals surface area contributed by atoms with Crippen LogP contribution in [0.5, 0.6) is 0 Å². The minimum Gasteiger partial charge on any atom is -0.481 e. The number of aliphatic carboxylic acids is 1. The van der Waals surface area contributed by atoms with Crippen LogP contribution in [-0.2, 0) is 4.79 Å². The van der Waals surface area contributed by atoms with Gasteiger partial charge in [0.1, 0.15) is 0 Å². The lowest BCUT2D eigenvalue weighted by atomic mass is 10.1. The van der Waals surface area contributed by atoms with Crippen LogP contribution < -0.4 is 0 Å². The molecule has 0 aliphatic rings. The SMILES string of the molecule is CC(CN(C(=O)c1cccs1)C(C)C)C(=O)O. The van der Waals surface area contributed by atoms with E-state index in [1.165, 1.54) is 11.3 Å². The lowest BCUT2D eigenvalue weighted by Crippen LogP contribution is -2.41. The molecule has 5 heteroatoms. The number of amides is 1. The van der Waals surface area contributed by atoms with Gasteiger partial charge in [0, 0.05) is 12.6 Å². The maximum absolute atomic E-state index is 12.1. The van der Waals surface area contributed by atoms with Gasteiger partial charge in [0.25, 0.3) is 5.91 Å². The standard InChI is InChI=1S/C12H17NO3S/c1-8(2)13(7-9(3)12(15)16)11(14)10-5-4-6-17-10/h4-6,8-9H,7H2,1-3H3,(H,15,16). The predicted octanol–water partition coefficient (Wildman–Crippen LogP) is 2.32. The van der Waals surface area contributed by atoms with Gasteiger partial charge in [-0.1, -0.05) is 13.0 Å². The van der Waals surface area contributed by atoms with Gasteiger partial charge in [-0.2, -0.15) is 0 Å². The lowest BCUT2D eigenvalue weighted by molar-refractivity contribution is -0.141. The molecular weight excluding hydrogens is 238 g/mol. The Morgan fingerprint density at radius 2 is 2.06 bits per heavy atom. The summed E-state index contributed by atoms with van der Waals surface area (Å²) >= 11 is 1.37. The lowest BCUT2D eigenvalue weighted by Gasteiger charge is -2.27. The van der Waals surface area contributed by atoms with E-state index in [0.717, 1.165) is 0 Å². The smallest absolute Gasteiger partial charge is 0.308 e. The normalized spacial score (nSPS) is 12.5. The van der Waals surface area contributed by atoms with Crippen LogP contribution in [0.15, 0.2) is 17.5 Å². The minimum atomic E-state index is -0.880. The molecule has 1 unspecified atom stereocenters. The molecule has 0 aliphatic carbocycles. The average molecular weight is 255 g/mol. The fraction of sp³-hybridized carbons (Fsp3) is 0.500. The molecule has 1 aromatic rings. The first-order chi connectivity index (χ1) is 7.93. The molecule has 0 aliphatic heterocycles. The zero-order chi connectivity index (χ0) is 13.0. The second-order valence-corrected chi connectivity index (χ2v) is 5.22. The third kappa shape index (κ3) is 3.56. The zero-order valence-electron chi connectivity index (χ0n) is 10.2. The minimum absolute atomic E-state index is 0.00796. The van der Waals surface area contributed by atoms with Gasteiger partial charge in [0.05, 0.1) is 10.8 Å². The molecule has 0 bridgehead atoms. The fourth-order valence-corrected chi connectivity index (χ4v) is 2.12. The van der Waals surface area contributed by atoms with Crippen molar-refractivity contribution in [1.82, 2.24) is 4.90 Å². The Bertz CT molecular complexity index is 386. The van der Waals surface area contributed by atoms with E-state index in [4.69, 9.17) is 5.11 Å². The molecule has 1 amide bonds. The van der Waals surface area contributed by atoms with Gasteiger partial charge in [-0.25, -0.2) is 0 Å². The molecule has 4 nitrogen and oxygen atoms in total. The number of carboxylic acid groups (broad SMARTS) is 1. The molecule has 94 valence electrons. The topological polar surface area (TPSA) is 57.6 Å². The molecule has 1 rings (SSSR count). The van der Waals surface area contributed by atoms with Crippen LogP contribution in [0.25, 0.3) is 0 Å². The third-order valence-electron chi connectivity index (χ3n) is 2.51. The first-order valence-electron chi connectivity index (χ1n) is 5.50. The predicted molar refractivity (Wildman–Crippen MR) is 67.3 cm³/mol. The van der Waals surface area contributed by atoms with Gasteiger partial charge >= 0.3 is 5.97 Å². The van der Waals surface area contributed by atoms with Crippen LogP contribution in [0.1, 0.15) is 30.4 Å². The summed E-state index contributed by atoms with van der Waals surface area (Å²) in [5.41, 5.74) is 0. The second-order valence-electron chi connectivity index (χ2n) is 4.27. The number of rotatable bonds is 5. The molecule has 1 aromatic heterocycles. The molecule has 0 fully saturated rings. The first kappa shape index (κ1) is 13.7. The van der Waals surface area contributed by atoms with Crippen molar-refractivity contribution >= 4 is 23.2 Å². The largest absolute Gasteiger partial charge is 0.481 e. The van der Waals surface area contributed by atoms with Crippen LogP contribution in [0.4, 0.5) is 0 Å². The summed E-state index contributed by atoms with van der Waals surface area (Å²) < 4.78 is 0. The van der Waals surface area contributed by atoms with E-state index < -0.39 is 11.9 Å². The Morgan fingerprint density at radius 3 is 2.47 bits per heavy atom. The van der Waals surface area contributed by atoms with Crippen molar-refractivity contribution in [2.24, 2.45) is 5.92 Å². The number of carboxylic acids is 1. The van der Waals surface area contributed by atoms with E-state index in [1.807, 2.05) is 25.3 Å². The van der Waals surface area contributed by atoms with Crippen molar-refractivity contribution in [2.75, 3.05) is 6.54 Å². The summed E-state index contributed by atoms with van der Waals surface area (Å²) in [7, 11) is 0. The van der Waals surface area contributed by atoms with Crippen molar-refractivity contribution < 1.29 is 14.7 Å². The van der Waals surface area contributed by atoms with E-state index in [0.29, 0.717) is 4.88 Å². The van der Waals surface area contributed by atoms with E-state index in [-0.39, 0.29) is 18.5 Å². The Kier molecular flexibility index (Phi) is 4.69. The Hall–Kier alpha value is -1.36. The van der Waals surface area contributed by atoms with Gasteiger partial charge in [0.2, 0.25) is 0 Å². The van der Waals surface area contributed by atoms with Crippen molar-refractivity contribution in [3.63, 3.8) is 0 Å². The average Bonchev–Trinajstić information content (AvgIpc) is 2.77. The molecule has 1 heterocycles. The molecule has 17 heavy (non-hydrogen) atoms. The Morgan fingerprint density at radius 1 is 1.41 bits per heavy atom. The summed E-state index contributed by atoms with van der Waals surface area (Å²) in [6, 6.07) is 3.57. The quantitative estimate of drug-likeness (QED) is 0.878. The highest BCUT2D eigenvalue weighted by Gasteiger charge is 2.24. The van der Waals surface area contributed by atoms with Gasteiger partial charge < -0.3 is 10.0 Å². The molecule has 0 aromatic carbocycles. The highest BCUT2D eigenvalue weighted by molar-refractivity contribution is 7.12. The monoisotopic (exact) mass is 255 g/mol. The molecule has 0 radical (unpaired) electrons. The zero-order valence-corrected chi connectivity index (χ0v) is 11.0. The number of hydrogen-bond acceptors (Lipinski definition) is 3. The second kappa shape index (κ2) is 5.82. The molecule has 1 atom stereocenters. The van der Waals surface area contributed by atoms with Crippen molar-refractivity contribution in [1.29, 1.82) is 0 Å². The summed E-state index contributed by atoms with van der Waals surface area (Å²) in [4.78, 5) is 25.2. The number of carbonyl (C=O) groups excluding carboxylic acids is 1. The summed E-state index contributed by atoms with van der Waals surface area (Å²) in [6.45, 7) is 5.63. The highest BCUT2D eigenvalue weighted by atomic mass is 32.1. The Labute approximate surface area is 105 Å². The number of carbonyl (C=O) groups is 2. The van der Waals surface area contributed by atoms with E-state index in [9.17, 15) is 9.59 Å². The third-order valence-corrected chi connectivity index (χ3v) is 3.37. The Balaban J connectivity index is 2.80. The van der Waals surface area contributed by atoms with Crippen LogP contribution >= 0.6 is 11.3 Å². The van der Waals surface area contributed by atoms with Gasteiger partial charge in [0.15, 0.2) is 0 Å². The maximum atomic E-state index is 12.1. The van der Waals surface area contributed by atoms with E-state index in [1.54, 1.807) is 17.9 Å². The fourth-order valence-electron chi connectivity index (χ4n) is 1.44. The van der Waals surface area contributed by atoms with Gasteiger partial charge in [-0.05, 0) is 25.3 Å². The number of nitrogens with zero attached hydrogens (tertiary/aromatic N) is 1. The summed E-state index contributed by atoms with van der Waals surface area (Å²) in [5, 5.41) is 10.7. The van der Waals surface area contributed by atoms with Gasteiger partial charge in [-0.3, -0.25) is 9.59 Å². The molecular formula is C12H17NO3S. The van der Waals surface area contributed by atoms with E-state index in [2.05, 4.69) is 0 Å². The van der Waals surface area contributed by atoms with Crippen molar-refractivity contribution in [3.8, 4) is 0 Å². The van der Waals surface area contributed by atoms with Crippen LogP contribution in [0.3, 0.4) is 0 Å². The van der Waals surface area contributed by atoms with Crippen LogP contribution in [0.2, 0.25) is 0 Å². The molecule has 0 saturated heterocycles. The highest BCUT2D eigenvalue weighted by Crippen LogP contribution is 2.15. The molecule has 0 spiro atoms.